The van der Waals surface area contributed by atoms with Gasteiger partial charge in [0.15, 0.2) is 0 Å². The number of nitrogens with one attached hydrogen (secondary N) is 3. The van der Waals surface area contributed by atoms with E-state index in [4.69, 9.17) is 23.2 Å². The van der Waals surface area contributed by atoms with Gasteiger partial charge in [-0.1, -0.05) is 41.4 Å². The predicted molar refractivity (Wildman–Crippen MR) is 162 cm³/mol. The lowest BCUT2D eigenvalue weighted by atomic mass is 10.1. The van der Waals surface area contributed by atoms with Crippen molar-refractivity contribution in [3.8, 4) is 16.2 Å². The van der Waals surface area contributed by atoms with Crippen molar-refractivity contribution in [1.29, 1.82) is 0 Å². The Morgan fingerprint density at radius 3 is 2.25 bits per heavy atom. The fraction of sp³-hybridized carbons (Fsp3) is 0.143. The number of benzene rings is 2. The zero-order chi connectivity index (χ0) is 29.0. The van der Waals surface area contributed by atoms with Crippen molar-refractivity contribution in [2.24, 2.45) is 5.10 Å². The average molecular weight is 616 g/mol. The van der Waals surface area contributed by atoms with Gasteiger partial charge in [0.25, 0.3) is 11.8 Å². The molecule has 4 rings (SSSR count). The molecule has 2 aromatic carbocycles. The molecule has 2 heterocycles. The molecule has 1 unspecified atom stereocenters. The van der Waals surface area contributed by atoms with Gasteiger partial charge < -0.3 is 15.7 Å². The molecule has 0 saturated carbocycles. The van der Waals surface area contributed by atoms with Crippen molar-refractivity contribution in [1.82, 2.24) is 10.7 Å². The van der Waals surface area contributed by atoms with Crippen LogP contribution in [-0.4, -0.2) is 28.5 Å². The number of aromatic hydroxyl groups is 1. The number of thiophene rings is 2. The van der Waals surface area contributed by atoms with Crippen molar-refractivity contribution in [3.05, 3.63) is 90.9 Å². The van der Waals surface area contributed by atoms with Crippen LogP contribution in [0.25, 0.3) is 10.4 Å². The zero-order valence-electron chi connectivity index (χ0n) is 21.5. The Bertz CT molecular complexity index is 1610. The third-order valence-corrected chi connectivity index (χ3v) is 8.63. The van der Waals surface area contributed by atoms with Gasteiger partial charge in [0.2, 0.25) is 5.91 Å². The second-order valence-corrected chi connectivity index (χ2v) is 11.5. The second kappa shape index (κ2) is 12.6. The number of anilines is 1. The van der Waals surface area contributed by atoms with Gasteiger partial charge in [0, 0.05) is 18.0 Å². The molecule has 4 N–H and O–H groups in total. The number of nitrogens with zero attached hydrogens (tertiary/aromatic N) is 1. The predicted octanol–water partition coefficient (Wildman–Crippen LogP) is 7.09. The Morgan fingerprint density at radius 1 is 0.925 bits per heavy atom. The molecule has 40 heavy (non-hydrogen) atoms. The van der Waals surface area contributed by atoms with Crippen LogP contribution in [0.3, 0.4) is 0 Å². The van der Waals surface area contributed by atoms with Crippen molar-refractivity contribution < 1.29 is 19.5 Å². The van der Waals surface area contributed by atoms with Crippen LogP contribution in [-0.2, 0) is 4.79 Å². The Morgan fingerprint density at radius 2 is 1.60 bits per heavy atom. The molecular weight excluding hydrogens is 591 g/mol. The molecule has 8 nitrogen and oxygen atoms in total. The summed E-state index contributed by atoms with van der Waals surface area (Å²) in [5.41, 5.74) is 5.59. The summed E-state index contributed by atoms with van der Waals surface area (Å²) in [4.78, 5) is 37.9. The lowest BCUT2D eigenvalue weighted by Crippen LogP contribution is -2.25. The molecule has 0 aliphatic carbocycles. The first kappa shape index (κ1) is 29.3. The number of carbonyl (C=O) groups is 3. The monoisotopic (exact) mass is 614 g/mol. The highest BCUT2D eigenvalue weighted by molar-refractivity contribution is 7.16. The van der Waals surface area contributed by atoms with Crippen LogP contribution in [0.4, 0.5) is 5.69 Å². The van der Waals surface area contributed by atoms with Gasteiger partial charge >= 0.3 is 0 Å². The number of halogens is 2. The highest BCUT2D eigenvalue weighted by Gasteiger charge is 2.18. The molecule has 0 saturated heterocycles. The van der Waals surface area contributed by atoms with Crippen LogP contribution in [0.1, 0.15) is 57.3 Å². The van der Waals surface area contributed by atoms with Gasteiger partial charge in [-0.25, -0.2) is 5.43 Å². The largest absolute Gasteiger partial charge is 0.506 e. The lowest BCUT2D eigenvalue weighted by molar-refractivity contribution is -0.114. The molecule has 0 spiro atoms. The number of hydrazone groups is 1. The number of rotatable bonds is 8. The summed E-state index contributed by atoms with van der Waals surface area (Å²) < 4.78 is 0. The van der Waals surface area contributed by atoms with Gasteiger partial charge in [-0.05, 0) is 61.4 Å². The maximum Gasteiger partial charge on any atom is 0.281 e. The summed E-state index contributed by atoms with van der Waals surface area (Å²) in [5, 5.41) is 23.0. The minimum Gasteiger partial charge on any atom is -0.506 e. The fourth-order valence-electron chi connectivity index (χ4n) is 3.69. The summed E-state index contributed by atoms with van der Waals surface area (Å²) in [6.45, 7) is 4.94. The van der Waals surface area contributed by atoms with E-state index in [-0.39, 0.29) is 23.6 Å². The highest BCUT2D eigenvalue weighted by atomic mass is 35.5. The molecule has 4 aromatic rings. The maximum absolute atomic E-state index is 12.8. The van der Waals surface area contributed by atoms with Crippen LogP contribution < -0.4 is 16.1 Å². The van der Waals surface area contributed by atoms with E-state index in [1.54, 1.807) is 54.8 Å². The summed E-state index contributed by atoms with van der Waals surface area (Å²) in [6.07, 6.45) is 0. The smallest absolute Gasteiger partial charge is 0.281 e. The third kappa shape index (κ3) is 6.89. The van der Waals surface area contributed by atoms with Gasteiger partial charge in [-0.2, -0.15) is 5.10 Å². The van der Waals surface area contributed by atoms with Crippen LogP contribution >= 0.6 is 45.9 Å². The Balaban J connectivity index is 1.38. The minimum atomic E-state index is -0.482. The van der Waals surface area contributed by atoms with Gasteiger partial charge in [-0.3, -0.25) is 14.4 Å². The quantitative estimate of drug-likeness (QED) is 0.125. The number of hydrogen-bond donors (Lipinski definition) is 4. The first-order chi connectivity index (χ1) is 19.0. The SMILES string of the molecule is CC(=O)Nc1ccc(C(C)NC(=O)c2ccc(C(=O)N/N=C(\C)c3csc(-c4ccc(Cl)c(Cl)c4)c3O)s2)cc1. The first-order valence-corrected chi connectivity index (χ1v) is 14.4. The van der Waals surface area contributed by atoms with Gasteiger partial charge in [0.05, 0.1) is 42.0 Å². The molecule has 12 heteroatoms. The molecule has 206 valence electrons. The summed E-state index contributed by atoms with van der Waals surface area (Å²) in [5.74, 6) is -0.941. The Labute approximate surface area is 248 Å². The normalized spacial score (nSPS) is 12.1. The van der Waals surface area contributed by atoms with Crippen molar-refractivity contribution in [3.63, 3.8) is 0 Å². The molecule has 1 atom stereocenters. The van der Waals surface area contributed by atoms with Crippen LogP contribution in [0.2, 0.25) is 10.0 Å². The lowest BCUT2D eigenvalue weighted by Gasteiger charge is -2.14. The molecule has 0 radical (unpaired) electrons. The second-order valence-electron chi connectivity index (χ2n) is 8.76. The standard InChI is InChI=1S/C28H24Cl2N4O4S2/c1-14(17-4-7-19(8-5-17)32-16(3)35)31-27(37)23-10-11-24(40-23)28(38)34-33-15(2)20-13-39-26(25(20)36)18-6-9-21(29)22(30)12-18/h4-14,36H,1-3H3,(H,31,37)(H,32,35)(H,34,38)/b33-15+. The van der Waals surface area contributed by atoms with E-state index in [1.165, 1.54) is 18.3 Å². The van der Waals surface area contributed by atoms with E-state index >= 15 is 0 Å². The fourth-order valence-corrected chi connectivity index (χ4v) is 5.79. The molecule has 3 amide bonds. The van der Waals surface area contributed by atoms with Crippen LogP contribution in [0.15, 0.2) is 65.1 Å². The maximum atomic E-state index is 12.8. The summed E-state index contributed by atoms with van der Waals surface area (Å²) in [6, 6.07) is 15.1. The molecule has 0 aliphatic rings. The molecule has 0 fully saturated rings. The van der Waals surface area contributed by atoms with Crippen molar-refractivity contribution >= 4 is 75.0 Å². The Kier molecular flexibility index (Phi) is 9.26. The molecular formula is C28H24Cl2N4O4S2. The molecule has 0 aliphatic heterocycles. The van der Waals surface area contributed by atoms with E-state index in [0.29, 0.717) is 47.2 Å². The van der Waals surface area contributed by atoms with E-state index in [0.717, 1.165) is 16.9 Å². The number of amides is 3. The van der Waals surface area contributed by atoms with E-state index < -0.39 is 5.91 Å². The van der Waals surface area contributed by atoms with Gasteiger partial charge in [0.1, 0.15) is 5.75 Å². The van der Waals surface area contributed by atoms with Crippen molar-refractivity contribution in [2.45, 2.75) is 26.8 Å². The number of carbonyl (C=O) groups excluding carboxylic acids is 3. The highest BCUT2D eigenvalue weighted by Crippen LogP contribution is 2.40. The van der Waals surface area contributed by atoms with E-state index in [1.807, 2.05) is 19.1 Å². The average Bonchev–Trinajstić information content (AvgIpc) is 3.56. The summed E-state index contributed by atoms with van der Waals surface area (Å²) >= 11 is 14.4. The molecule has 2 aromatic heterocycles. The van der Waals surface area contributed by atoms with E-state index in [9.17, 15) is 19.5 Å². The van der Waals surface area contributed by atoms with Gasteiger partial charge in [-0.15, -0.1) is 22.7 Å². The zero-order valence-corrected chi connectivity index (χ0v) is 24.7. The topological polar surface area (TPSA) is 120 Å². The Hall–Kier alpha value is -3.70. The minimum absolute atomic E-state index is 0.0212. The third-order valence-electron chi connectivity index (χ3n) is 5.79. The molecule has 0 bridgehead atoms. The van der Waals surface area contributed by atoms with Crippen LogP contribution in [0, 0.1) is 0 Å². The van der Waals surface area contributed by atoms with Crippen molar-refractivity contribution in [2.75, 3.05) is 5.32 Å². The number of hydrogen-bond acceptors (Lipinski definition) is 7. The van der Waals surface area contributed by atoms with Crippen LogP contribution in [0.5, 0.6) is 5.75 Å². The summed E-state index contributed by atoms with van der Waals surface area (Å²) in [7, 11) is 0. The first-order valence-electron chi connectivity index (χ1n) is 11.9. The van der Waals surface area contributed by atoms with E-state index in [2.05, 4.69) is 21.2 Å².